The van der Waals surface area contributed by atoms with Crippen LogP contribution in [-0.2, 0) is 6.61 Å². The average Bonchev–Trinajstić information content (AvgIpc) is 3.50. The number of hydrogen-bond acceptors (Lipinski definition) is 3. The lowest BCUT2D eigenvalue weighted by atomic mass is 9.76. The van der Waals surface area contributed by atoms with Crippen molar-refractivity contribution in [2.24, 2.45) is 10.9 Å². The Morgan fingerprint density at radius 3 is 2.61 bits per heavy atom. The number of ether oxygens (including phenoxy) is 1. The van der Waals surface area contributed by atoms with Crippen molar-refractivity contribution in [3.63, 3.8) is 0 Å². The Kier molecular flexibility index (Phi) is 6.93. The van der Waals surface area contributed by atoms with E-state index in [1.165, 1.54) is 27.8 Å². The topological polar surface area (TPSA) is 33.6 Å². The number of aryl methyl sites for hydroxylation is 1. The number of nitrogens with zero attached hydrogens (tertiary/aromatic N) is 1. The molecule has 0 fully saturated rings. The Labute approximate surface area is 249 Å². The molecular formula is C37H31BrN2O. The van der Waals surface area contributed by atoms with Crippen molar-refractivity contribution in [1.29, 1.82) is 0 Å². The summed E-state index contributed by atoms with van der Waals surface area (Å²) in [5, 5.41) is 6.14. The van der Waals surface area contributed by atoms with Gasteiger partial charge in [-0.3, -0.25) is 4.99 Å². The van der Waals surface area contributed by atoms with Gasteiger partial charge in [-0.15, -0.1) is 0 Å². The highest BCUT2D eigenvalue weighted by Crippen LogP contribution is 2.50. The van der Waals surface area contributed by atoms with Crippen LogP contribution < -0.4 is 10.1 Å². The van der Waals surface area contributed by atoms with E-state index in [2.05, 4.69) is 125 Å². The summed E-state index contributed by atoms with van der Waals surface area (Å²) in [4.78, 5) is 4.91. The van der Waals surface area contributed by atoms with Gasteiger partial charge in [-0.2, -0.15) is 0 Å². The van der Waals surface area contributed by atoms with Crippen LogP contribution in [0.2, 0.25) is 0 Å². The third-order valence-corrected chi connectivity index (χ3v) is 8.88. The lowest BCUT2D eigenvalue weighted by Gasteiger charge is -2.37. The molecule has 2 aliphatic rings. The van der Waals surface area contributed by atoms with Crippen LogP contribution in [0.4, 0.5) is 11.4 Å². The van der Waals surface area contributed by atoms with Crippen molar-refractivity contribution < 1.29 is 4.74 Å². The predicted molar refractivity (Wildman–Crippen MR) is 174 cm³/mol. The molecule has 5 aromatic carbocycles. The molecule has 5 aromatic rings. The van der Waals surface area contributed by atoms with Crippen LogP contribution in [0.25, 0.3) is 10.8 Å². The molecule has 202 valence electrons. The number of rotatable bonds is 6. The molecule has 0 unspecified atom stereocenters. The Morgan fingerprint density at radius 2 is 1.76 bits per heavy atom. The molecule has 0 spiro atoms. The van der Waals surface area contributed by atoms with Gasteiger partial charge >= 0.3 is 0 Å². The van der Waals surface area contributed by atoms with Gasteiger partial charge in [-0.1, -0.05) is 100 Å². The summed E-state index contributed by atoms with van der Waals surface area (Å²) in [6.45, 7) is 2.67. The molecule has 0 saturated heterocycles. The molecule has 41 heavy (non-hydrogen) atoms. The first-order valence-corrected chi connectivity index (χ1v) is 15.0. The van der Waals surface area contributed by atoms with Crippen LogP contribution >= 0.6 is 15.9 Å². The number of hydrogen-bond donors (Lipinski definition) is 1. The van der Waals surface area contributed by atoms with Crippen molar-refractivity contribution >= 4 is 44.3 Å². The van der Waals surface area contributed by atoms with Crippen LogP contribution in [0.15, 0.2) is 125 Å². The van der Waals surface area contributed by atoms with Crippen molar-refractivity contribution in [1.82, 2.24) is 0 Å². The summed E-state index contributed by atoms with van der Waals surface area (Å²) in [7, 11) is 0. The number of nitrogens with one attached hydrogen (secondary N) is 1. The summed E-state index contributed by atoms with van der Waals surface area (Å²) in [6, 6.07) is 36.5. The van der Waals surface area contributed by atoms with Gasteiger partial charge in [0, 0.05) is 27.9 Å². The van der Waals surface area contributed by atoms with E-state index in [1.54, 1.807) is 0 Å². The van der Waals surface area contributed by atoms with E-state index < -0.39 is 0 Å². The molecule has 4 heteroatoms. The lowest BCUT2D eigenvalue weighted by Crippen LogP contribution is -2.29. The summed E-state index contributed by atoms with van der Waals surface area (Å²) in [5.41, 5.74) is 8.33. The molecule has 1 heterocycles. The summed E-state index contributed by atoms with van der Waals surface area (Å²) in [6.07, 6.45) is 7.79. The minimum atomic E-state index is 0.278. The maximum Gasteiger partial charge on any atom is 0.129 e. The highest BCUT2D eigenvalue weighted by molar-refractivity contribution is 9.10. The first kappa shape index (κ1) is 25.8. The third-order valence-electron chi connectivity index (χ3n) is 8.35. The van der Waals surface area contributed by atoms with Crippen molar-refractivity contribution in [2.75, 3.05) is 5.32 Å². The fourth-order valence-electron chi connectivity index (χ4n) is 6.23. The van der Waals surface area contributed by atoms with Crippen LogP contribution in [0.3, 0.4) is 0 Å². The Balaban J connectivity index is 1.15. The number of benzene rings is 5. The molecule has 0 amide bonds. The van der Waals surface area contributed by atoms with Crippen molar-refractivity contribution in [2.45, 2.75) is 31.9 Å². The maximum atomic E-state index is 6.31. The molecule has 0 aromatic heterocycles. The van der Waals surface area contributed by atoms with Crippen LogP contribution in [0, 0.1) is 12.8 Å². The van der Waals surface area contributed by atoms with Gasteiger partial charge in [0.05, 0.1) is 11.7 Å². The highest BCUT2D eigenvalue weighted by atomic mass is 79.9. The molecule has 0 radical (unpaired) electrons. The van der Waals surface area contributed by atoms with Gasteiger partial charge in [0.1, 0.15) is 12.4 Å². The SMILES string of the molecule is Cc1ccc2c(c1)[C@@H]1C=CC[C@H]1[C@H](c1ccc(N=Cc3c(OCc4ccc(Br)cc4)ccc4ccccc34)cc1)N2. The lowest BCUT2D eigenvalue weighted by molar-refractivity contribution is 0.306. The highest BCUT2D eigenvalue weighted by Gasteiger charge is 2.37. The third kappa shape index (κ3) is 5.20. The quantitative estimate of drug-likeness (QED) is 0.156. The fourth-order valence-corrected chi connectivity index (χ4v) is 6.49. The fraction of sp³-hybridized carbons (Fsp3) is 0.162. The zero-order chi connectivity index (χ0) is 27.8. The average molecular weight is 600 g/mol. The van der Waals surface area contributed by atoms with Gasteiger partial charge in [0.15, 0.2) is 0 Å². The minimum Gasteiger partial charge on any atom is -0.488 e. The molecule has 3 atom stereocenters. The van der Waals surface area contributed by atoms with Gasteiger partial charge < -0.3 is 10.1 Å². The molecule has 1 aliphatic carbocycles. The monoisotopic (exact) mass is 598 g/mol. The number of aliphatic imine (C=N–C) groups is 1. The number of allylic oxidation sites excluding steroid dienone is 2. The van der Waals surface area contributed by atoms with Crippen LogP contribution in [-0.4, -0.2) is 6.21 Å². The predicted octanol–water partition coefficient (Wildman–Crippen LogP) is 10.1. The molecule has 1 N–H and O–H groups in total. The maximum absolute atomic E-state index is 6.31. The molecule has 7 rings (SSSR count). The van der Waals surface area contributed by atoms with E-state index in [1.807, 2.05) is 24.4 Å². The van der Waals surface area contributed by atoms with E-state index in [4.69, 9.17) is 9.73 Å². The summed E-state index contributed by atoms with van der Waals surface area (Å²) in [5.74, 6) is 1.82. The van der Waals surface area contributed by atoms with E-state index in [0.29, 0.717) is 18.4 Å². The van der Waals surface area contributed by atoms with E-state index in [9.17, 15) is 0 Å². The van der Waals surface area contributed by atoms with Gasteiger partial charge in [0.25, 0.3) is 0 Å². The van der Waals surface area contributed by atoms with E-state index in [0.717, 1.165) is 38.8 Å². The smallest absolute Gasteiger partial charge is 0.129 e. The van der Waals surface area contributed by atoms with Crippen LogP contribution in [0.5, 0.6) is 5.75 Å². The minimum absolute atomic E-state index is 0.278. The molecule has 0 bridgehead atoms. The first-order chi connectivity index (χ1) is 20.1. The second-order valence-corrected chi connectivity index (χ2v) is 11.9. The van der Waals surface area contributed by atoms with Gasteiger partial charge in [-0.05, 0) is 83.1 Å². The second kappa shape index (κ2) is 11.0. The Bertz CT molecular complexity index is 1770. The molecule has 0 saturated carbocycles. The zero-order valence-electron chi connectivity index (χ0n) is 22.9. The normalized spacial score (nSPS) is 19.2. The van der Waals surface area contributed by atoms with Crippen molar-refractivity contribution in [3.8, 4) is 5.75 Å². The Morgan fingerprint density at radius 1 is 0.927 bits per heavy atom. The summed E-state index contributed by atoms with van der Waals surface area (Å²) < 4.78 is 7.37. The summed E-state index contributed by atoms with van der Waals surface area (Å²) >= 11 is 3.51. The largest absolute Gasteiger partial charge is 0.488 e. The molecule has 1 aliphatic heterocycles. The standard InChI is InChI=1S/C37H31BrN2O/c1-24-9-19-35-33(21-24)31-7-4-8-32(31)37(40-35)27-12-17-29(18-13-27)39-22-34-30-6-3-2-5-26(30)14-20-36(34)41-23-25-10-15-28(38)16-11-25/h2-7,9-22,31-32,37,40H,8,23H2,1H3/t31-,32-,37+/m1/s1. The number of halogens is 1. The first-order valence-electron chi connectivity index (χ1n) is 14.2. The van der Waals surface area contributed by atoms with Crippen LogP contribution in [0.1, 0.15) is 46.2 Å². The number of fused-ring (bicyclic) bond motifs is 4. The second-order valence-electron chi connectivity index (χ2n) is 11.0. The van der Waals surface area contributed by atoms with E-state index in [-0.39, 0.29) is 6.04 Å². The zero-order valence-corrected chi connectivity index (χ0v) is 24.5. The van der Waals surface area contributed by atoms with Crippen molar-refractivity contribution in [3.05, 3.63) is 148 Å². The van der Waals surface area contributed by atoms with Gasteiger partial charge in [0.2, 0.25) is 0 Å². The molecule has 3 nitrogen and oxygen atoms in total. The number of anilines is 1. The molecular weight excluding hydrogens is 568 g/mol. The van der Waals surface area contributed by atoms with E-state index >= 15 is 0 Å². The van der Waals surface area contributed by atoms with Gasteiger partial charge in [-0.25, -0.2) is 0 Å². The Hall–Kier alpha value is -4.15.